The maximum Gasteiger partial charge on any atom is 0.223 e. The van der Waals surface area contributed by atoms with Crippen molar-refractivity contribution >= 4 is 23.4 Å². The lowest BCUT2D eigenvalue weighted by molar-refractivity contribution is -0.122. The highest BCUT2D eigenvalue weighted by Crippen LogP contribution is 2.28. The van der Waals surface area contributed by atoms with E-state index in [2.05, 4.69) is 11.6 Å². The summed E-state index contributed by atoms with van der Waals surface area (Å²) >= 11 is 1.89. The zero-order valence-corrected chi connectivity index (χ0v) is 12.6. The Labute approximate surface area is 124 Å². The molecule has 2 unspecified atom stereocenters. The molecule has 0 aromatic heterocycles. The highest BCUT2D eigenvalue weighted by molar-refractivity contribution is 7.99. The van der Waals surface area contributed by atoms with Crippen molar-refractivity contribution in [2.45, 2.75) is 37.0 Å². The molecule has 1 aliphatic rings. The molecule has 0 aliphatic heterocycles. The summed E-state index contributed by atoms with van der Waals surface area (Å²) in [6.07, 6.45) is 5.91. The van der Waals surface area contributed by atoms with Crippen LogP contribution in [0.3, 0.4) is 0 Å². The number of anilines is 1. The monoisotopic (exact) mass is 294 g/mol. The Morgan fingerprint density at radius 3 is 2.80 bits per heavy atom. The van der Waals surface area contributed by atoms with E-state index in [4.69, 9.17) is 10.5 Å². The fraction of sp³-hybridized carbons (Fsp3) is 0.533. The SMILES string of the molecule is CSC1CCC(NC(=O)CCOc2ccc(N)cc2)C1. The first-order chi connectivity index (χ1) is 9.67. The lowest BCUT2D eigenvalue weighted by Crippen LogP contribution is -2.33. The number of hydrogen-bond donors (Lipinski definition) is 2. The second-order valence-electron chi connectivity index (χ2n) is 5.10. The summed E-state index contributed by atoms with van der Waals surface area (Å²) in [6, 6.07) is 7.55. The van der Waals surface area contributed by atoms with Gasteiger partial charge < -0.3 is 15.8 Å². The van der Waals surface area contributed by atoms with Crippen molar-refractivity contribution in [2.75, 3.05) is 18.6 Å². The molecule has 1 amide bonds. The highest BCUT2D eigenvalue weighted by Gasteiger charge is 2.24. The first-order valence-electron chi connectivity index (χ1n) is 6.98. The average molecular weight is 294 g/mol. The molecule has 0 radical (unpaired) electrons. The van der Waals surface area contributed by atoms with Crippen molar-refractivity contribution in [1.82, 2.24) is 5.32 Å². The number of nitrogen functional groups attached to an aromatic ring is 1. The topological polar surface area (TPSA) is 64.3 Å². The molecule has 0 spiro atoms. The van der Waals surface area contributed by atoms with Gasteiger partial charge in [-0.25, -0.2) is 0 Å². The van der Waals surface area contributed by atoms with Crippen LogP contribution in [0.25, 0.3) is 0 Å². The fourth-order valence-corrected chi connectivity index (χ4v) is 3.21. The van der Waals surface area contributed by atoms with Gasteiger partial charge in [-0.3, -0.25) is 4.79 Å². The van der Waals surface area contributed by atoms with Crippen LogP contribution in [0.1, 0.15) is 25.7 Å². The predicted octanol–water partition coefficient (Wildman–Crippen LogP) is 2.44. The molecule has 3 N–H and O–H groups in total. The van der Waals surface area contributed by atoms with E-state index in [1.807, 2.05) is 23.9 Å². The van der Waals surface area contributed by atoms with Crippen LogP contribution in [-0.4, -0.2) is 30.1 Å². The second kappa shape index (κ2) is 7.43. The fourth-order valence-electron chi connectivity index (χ4n) is 2.41. The molecule has 2 atom stereocenters. The van der Waals surface area contributed by atoms with Crippen LogP contribution in [0.15, 0.2) is 24.3 Å². The van der Waals surface area contributed by atoms with Crippen molar-refractivity contribution < 1.29 is 9.53 Å². The molecule has 0 heterocycles. The molecule has 4 nitrogen and oxygen atoms in total. The van der Waals surface area contributed by atoms with Crippen LogP contribution in [0.5, 0.6) is 5.75 Å². The minimum absolute atomic E-state index is 0.0761. The molecule has 20 heavy (non-hydrogen) atoms. The Bertz CT molecular complexity index is 436. The molecule has 0 bridgehead atoms. The maximum atomic E-state index is 11.8. The Balaban J connectivity index is 1.64. The summed E-state index contributed by atoms with van der Waals surface area (Å²) in [5.41, 5.74) is 6.30. The number of carbonyl (C=O) groups excluding carboxylic acids is 1. The Hall–Kier alpha value is -1.36. The predicted molar refractivity (Wildman–Crippen MR) is 84.1 cm³/mol. The van der Waals surface area contributed by atoms with Crippen molar-refractivity contribution in [1.29, 1.82) is 0 Å². The van der Waals surface area contributed by atoms with E-state index in [0.717, 1.165) is 18.6 Å². The normalized spacial score (nSPS) is 21.6. The zero-order valence-electron chi connectivity index (χ0n) is 11.8. The third-order valence-electron chi connectivity index (χ3n) is 3.56. The van der Waals surface area contributed by atoms with E-state index in [-0.39, 0.29) is 5.91 Å². The first kappa shape index (κ1) is 15.0. The standard InChI is InChI=1S/C15H22N2O2S/c1-20-14-7-4-12(10-14)17-15(18)8-9-19-13-5-2-11(16)3-6-13/h2-3,5-6,12,14H,4,7-10,16H2,1H3,(H,17,18). The van der Waals surface area contributed by atoms with E-state index in [1.54, 1.807) is 12.1 Å². The smallest absolute Gasteiger partial charge is 0.223 e. The van der Waals surface area contributed by atoms with Crippen LogP contribution in [0.4, 0.5) is 5.69 Å². The molecule has 5 heteroatoms. The number of ether oxygens (including phenoxy) is 1. The summed E-state index contributed by atoms with van der Waals surface area (Å²) in [5, 5.41) is 3.79. The number of amides is 1. The van der Waals surface area contributed by atoms with Gasteiger partial charge in [0.1, 0.15) is 5.75 Å². The van der Waals surface area contributed by atoms with Gasteiger partial charge in [0.05, 0.1) is 13.0 Å². The third-order valence-corrected chi connectivity index (χ3v) is 4.66. The van der Waals surface area contributed by atoms with Crippen LogP contribution in [0.2, 0.25) is 0 Å². The Kier molecular flexibility index (Phi) is 5.59. The van der Waals surface area contributed by atoms with E-state index in [9.17, 15) is 4.79 Å². The van der Waals surface area contributed by atoms with Gasteiger partial charge in [0.2, 0.25) is 5.91 Å². The summed E-state index contributed by atoms with van der Waals surface area (Å²) < 4.78 is 5.52. The number of nitrogens with one attached hydrogen (secondary N) is 1. The molecule has 0 saturated heterocycles. The quantitative estimate of drug-likeness (QED) is 0.791. The molecular formula is C15H22N2O2S. The Morgan fingerprint density at radius 1 is 1.40 bits per heavy atom. The number of nitrogens with two attached hydrogens (primary N) is 1. The van der Waals surface area contributed by atoms with E-state index >= 15 is 0 Å². The summed E-state index contributed by atoms with van der Waals surface area (Å²) in [7, 11) is 0. The molecule has 1 aromatic rings. The van der Waals surface area contributed by atoms with Gasteiger partial charge in [-0.1, -0.05) is 0 Å². The van der Waals surface area contributed by atoms with Gasteiger partial charge in [0.25, 0.3) is 0 Å². The number of hydrogen-bond acceptors (Lipinski definition) is 4. The van der Waals surface area contributed by atoms with Gasteiger partial charge in [-0.05, 0) is 49.8 Å². The zero-order chi connectivity index (χ0) is 14.4. The second-order valence-corrected chi connectivity index (χ2v) is 6.24. The van der Waals surface area contributed by atoms with E-state index in [0.29, 0.717) is 30.0 Å². The minimum atomic E-state index is 0.0761. The Morgan fingerprint density at radius 2 is 2.15 bits per heavy atom. The minimum Gasteiger partial charge on any atom is -0.493 e. The summed E-state index contributed by atoms with van der Waals surface area (Å²) in [6.45, 7) is 0.397. The van der Waals surface area contributed by atoms with Gasteiger partial charge in [-0.15, -0.1) is 0 Å². The number of thioether (sulfide) groups is 1. The molecule has 110 valence electrons. The van der Waals surface area contributed by atoms with Gasteiger partial charge in [-0.2, -0.15) is 11.8 Å². The van der Waals surface area contributed by atoms with Gasteiger partial charge in [0, 0.05) is 17.0 Å². The third kappa shape index (κ3) is 4.63. The summed E-state index contributed by atoms with van der Waals surface area (Å²) in [4.78, 5) is 11.8. The van der Waals surface area contributed by atoms with E-state index in [1.165, 1.54) is 6.42 Å². The number of rotatable bonds is 6. The van der Waals surface area contributed by atoms with Crippen LogP contribution in [0, 0.1) is 0 Å². The average Bonchev–Trinajstić information content (AvgIpc) is 2.88. The molecule has 1 aliphatic carbocycles. The molecule has 1 aromatic carbocycles. The maximum absolute atomic E-state index is 11.8. The molecule has 1 saturated carbocycles. The van der Waals surface area contributed by atoms with Crippen LogP contribution < -0.4 is 15.8 Å². The van der Waals surface area contributed by atoms with Crippen molar-refractivity contribution in [3.63, 3.8) is 0 Å². The van der Waals surface area contributed by atoms with E-state index < -0.39 is 0 Å². The largest absolute Gasteiger partial charge is 0.493 e. The number of carbonyl (C=O) groups is 1. The van der Waals surface area contributed by atoms with Gasteiger partial charge >= 0.3 is 0 Å². The van der Waals surface area contributed by atoms with Crippen LogP contribution >= 0.6 is 11.8 Å². The lowest BCUT2D eigenvalue weighted by atomic mass is 10.2. The first-order valence-corrected chi connectivity index (χ1v) is 8.26. The van der Waals surface area contributed by atoms with Crippen molar-refractivity contribution in [3.8, 4) is 5.75 Å². The molecular weight excluding hydrogens is 272 g/mol. The molecule has 2 rings (SSSR count). The highest BCUT2D eigenvalue weighted by atomic mass is 32.2. The van der Waals surface area contributed by atoms with Gasteiger partial charge in [0.15, 0.2) is 0 Å². The van der Waals surface area contributed by atoms with Crippen molar-refractivity contribution in [3.05, 3.63) is 24.3 Å². The van der Waals surface area contributed by atoms with Crippen LogP contribution in [-0.2, 0) is 4.79 Å². The van der Waals surface area contributed by atoms with Crippen molar-refractivity contribution in [2.24, 2.45) is 0 Å². The lowest BCUT2D eigenvalue weighted by Gasteiger charge is -2.13. The summed E-state index contributed by atoms with van der Waals surface area (Å²) in [5.74, 6) is 0.822. The molecule has 1 fully saturated rings. The number of benzene rings is 1.